The number of aliphatic hydroxyl groups is 4. The second-order valence-electron chi connectivity index (χ2n) is 4.20. The molecule has 0 bridgehead atoms. The summed E-state index contributed by atoms with van der Waals surface area (Å²) >= 11 is 0. The second-order valence-corrected chi connectivity index (χ2v) is 4.20. The van der Waals surface area contributed by atoms with Crippen LogP contribution in [-0.2, 0) is 9.59 Å². The van der Waals surface area contributed by atoms with E-state index in [1.54, 1.807) is 0 Å². The number of aliphatic hydroxyl groups excluding tert-OH is 4. The number of rotatable bonds is 9. The van der Waals surface area contributed by atoms with Crippen LogP contribution in [0.25, 0.3) is 0 Å². The van der Waals surface area contributed by atoms with Gasteiger partial charge in [0.2, 0.25) is 0 Å². The number of unbranched alkanes of at least 4 members (excludes halogenated alkanes) is 2. The molecule has 6 N–H and O–H groups in total. The number of carboxylic acid groups (broad SMARTS) is 2. The predicted octanol–water partition coefficient (Wildman–Crippen LogP) is -0.813. The largest absolute Gasteiger partial charge is 0.479 e. The van der Waals surface area contributed by atoms with Crippen LogP contribution in [0.5, 0.6) is 0 Å². The van der Waals surface area contributed by atoms with Crippen LogP contribution in [0.2, 0.25) is 0 Å². The minimum atomic E-state index is -2.27. The van der Waals surface area contributed by atoms with E-state index in [2.05, 4.69) is 0 Å². The van der Waals surface area contributed by atoms with Gasteiger partial charge in [0.1, 0.15) is 0 Å². The van der Waals surface area contributed by atoms with Crippen molar-refractivity contribution >= 4 is 11.9 Å². The smallest absolute Gasteiger partial charge is 0.335 e. The lowest BCUT2D eigenvalue weighted by molar-refractivity contribution is -0.165. The normalized spacial score (nSPS) is 14.7. The van der Waals surface area contributed by atoms with Crippen LogP contribution in [0.3, 0.4) is 0 Å². The van der Waals surface area contributed by atoms with Gasteiger partial charge in [0.15, 0.2) is 12.2 Å². The summed E-state index contributed by atoms with van der Waals surface area (Å²) in [4.78, 5) is 19.5. The summed E-state index contributed by atoms with van der Waals surface area (Å²) in [6, 6.07) is 0. The number of hydrogen-bond donors (Lipinski definition) is 6. The van der Waals surface area contributed by atoms with Gasteiger partial charge in [-0.25, -0.2) is 9.59 Å². The molecule has 8 heteroatoms. The van der Waals surface area contributed by atoms with Gasteiger partial charge in [-0.3, -0.25) is 0 Å². The van der Waals surface area contributed by atoms with Crippen molar-refractivity contribution in [3.05, 3.63) is 0 Å². The highest BCUT2D eigenvalue weighted by atomic mass is 16.4. The van der Waals surface area contributed by atoms with Crippen LogP contribution in [0.4, 0.5) is 0 Å². The molecule has 0 heterocycles. The summed E-state index contributed by atoms with van der Waals surface area (Å²) < 4.78 is 0. The Labute approximate surface area is 117 Å². The predicted molar refractivity (Wildman–Crippen MR) is 69.1 cm³/mol. The van der Waals surface area contributed by atoms with Gasteiger partial charge in [-0.15, -0.1) is 0 Å². The van der Waals surface area contributed by atoms with Gasteiger partial charge in [0.25, 0.3) is 0 Å². The molecule has 0 spiro atoms. The number of carbonyl (C=O) groups is 2. The van der Waals surface area contributed by atoms with Crippen molar-refractivity contribution in [1.29, 1.82) is 0 Å². The Morgan fingerprint density at radius 2 is 1.35 bits per heavy atom. The Balaban J connectivity index is 0. The zero-order valence-corrected chi connectivity index (χ0v) is 11.5. The fourth-order valence-electron chi connectivity index (χ4n) is 1.14. The van der Waals surface area contributed by atoms with Gasteiger partial charge in [-0.05, 0) is 19.3 Å². The number of aliphatic carboxylic acids is 2. The molecule has 0 fully saturated rings. The van der Waals surface area contributed by atoms with E-state index in [9.17, 15) is 9.59 Å². The lowest BCUT2D eigenvalue weighted by Crippen LogP contribution is -2.39. The summed E-state index contributed by atoms with van der Waals surface area (Å²) in [6.45, 7) is 2.26. The molecule has 0 aliphatic rings. The molecule has 3 unspecified atom stereocenters. The van der Waals surface area contributed by atoms with Crippen LogP contribution in [0, 0.1) is 0 Å². The van der Waals surface area contributed by atoms with Crippen LogP contribution in [0.1, 0.15) is 39.0 Å². The average Bonchev–Trinajstić information content (AvgIpc) is 2.42. The molecular weight excluding hydrogens is 272 g/mol. The summed E-state index contributed by atoms with van der Waals surface area (Å²) in [5, 5.41) is 50.0. The molecular formula is C12H24O8. The minimum absolute atomic E-state index is 0.126. The van der Waals surface area contributed by atoms with Crippen LogP contribution in [-0.4, -0.2) is 67.5 Å². The molecule has 0 aromatic heterocycles. The lowest BCUT2D eigenvalue weighted by Gasteiger charge is -2.07. The molecule has 3 atom stereocenters. The van der Waals surface area contributed by atoms with E-state index in [4.69, 9.17) is 30.6 Å². The maximum atomic E-state index is 9.77. The standard InChI is InChI=1S/C8H18O2.C4H6O6/c1-2-8(10)6-4-3-5-7-9;5-1(3(7)8)2(6)4(9)10/h8-10H,2-7H2,1H3;1-2,5-6H,(H,7,8)(H,9,10). The van der Waals surface area contributed by atoms with Crippen LogP contribution in [0.15, 0.2) is 0 Å². The third-order valence-corrected chi connectivity index (χ3v) is 2.47. The maximum absolute atomic E-state index is 9.77. The van der Waals surface area contributed by atoms with Crippen molar-refractivity contribution in [3.63, 3.8) is 0 Å². The van der Waals surface area contributed by atoms with Gasteiger partial charge in [-0.2, -0.15) is 0 Å². The quantitative estimate of drug-likeness (QED) is 0.302. The van der Waals surface area contributed by atoms with Crippen molar-refractivity contribution in [2.75, 3.05) is 6.61 Å². The molecule has 0 aromatic carbocycles. The second kappa shape index (κ2) is 12.8. The molecule has 20 heavy (non-hydrogen) atoms. The Bertz CT molecular complexity index is 250. The summed E-state index contributed by atoms with van der Waals surface area (Å²) in [5.74, 6) is -3.54. The van der Waals surface area contributed by atoms with Gasteiger partial charge in [0.05, 0.1) is 6.10 Å². The Hall–Kier alpha value is -1.22. The van der Waals surface area contributed by atoms with Crippen LogP contribution < -0.4 is 0 Å². The molecule has 0 aliphatic heterocycles. The first-order chi connectivity index (χ1) is 9.27. The molecule has 120 valence electrons. The highest BCUT2D eigenvalue weighted by molar-refractivity contribution is 5.83. The van der Waals surface area contributed by atoms with Crippen molar-refractivity contribution in [2.45, 2.75) is 57.3 Å². The van der Waals surface area contributed by atoms with E-state index >= 15 is 0 Å². The molecule has 0 aliphatic carbocycles. The Morgan fingerprint density at radius 3 is 1.65 bits per heavy atom. The van der Waals surface area contributed by atoms with E-state index in [0.717, 1.165) is 32.1 Å². The average molecular weight is 296 g/mol. The number of hydrogen-bond acceptors (Lipinski definition) is 6. The third kappa shape index (κ3) is 11.8. The van der Waals surface area contributed by atoms with E-state index in [1.807, 2.05) is 6.92 Å². The van der Waals surface area contributed by atoms with Crippen LogP contribution >= 0.6 is 0 Å². The van der Waals surface area contributed by atoms with E-state index in [-0.39, 0.29) is 12.7 Å². The first-order valence-electron chi connectivity index (χ1n) is 6.38. The summed E-state index contributed by atoms with van der Waals surface area (Å²) in [5.41, 5.74) is 0. The molecule has 0 amide bonds. The van der Waals surface area contributed by atoms with Crippen molar-refractivity contribution in [2.24, 2.45) is 0 Å². The summed E-state index contributed by atoms with van der Waals surface area (Å²) in [7, 11) is 0. The maximum Gasteiger partial charge on any atom is 0.335 e. The van der Waals surface area contributed by atoms with Gasteiger partial charge in [-0.1, -0.05) is 19.8 Å². The van der Waals surface area contributed by atoms with Crippen molar-refractivity contribution < 1.29 is 40.2 Å². The molecule has 0 saturated carbocycles. The highest BCUT2D eigenvalue weighted by Crippen LogP contribution is 2.05. The zero-order valence-electron chi connectivity index (χ0n) is 11.5. The van der Waals surface area contributed by atoms with Gasteiger partial charge in [0, 0.05) is 6.61 Å². The first kappa shape index (κ1) is 21.1. The molecule has 0 aromatic rings. The molecule has 0 radical (unpaired) electrons. The molecule has 8 nitrogen and oxygen atoms in total. The Morgan fingerprint density at radius 1 is 0.900 bits per heavy atom. The highest BCUT2D eigenvalue weighted by Gasteiger charge is 2.29. The fourth-order valence-corrected chi connectivity index (χ4v) is 1.14. The van der Waals surface area contributed by atoms with Crippen molar-refractivity contribution in [3.8, 4) is 0 Å². The van der Waals surface area contributed by atoms with Gasteiger partial charge < -0.3 is 30.6 Å². The lowest BCUT2D eigenvalue weighted by atomic mass is 10.1. The minimum Gasteiger partial charge on any atom is -0.479 e. The number of carboxylic acids is 2. The van der Waals surface area contributed by atoms with E-state index in [0.29, 0.717) is 0 Å². The van der Waals surface area contributed by atoms with Gasteiger partial charge >= 0.3 is 11.9 Å². The van der Waals surface area contributed by atoms with E-state index < -0.39 is 24.1 Å². The Kier molecular flexibility index (Phi) is 13.5. The van der Waals surface area contributed by atoms with E-state index in [1.165, 1.54) is 0 Å². The molecule has 0 rings (SSSR count). The van der Waals surface area contributed by atoms with Crippen molar-refractivity contribution in [1.82, 2.24) is 0 Å². The zero-order chi connectivity index (χ0) is 16.1. The molecule has 0 saturated heterocycles. The topological polar surface area (TPSA) is 156 Å². The summed E-state index contributed by atoms with van der Waals surface area (Å²) in [6.07, 6.45) is 0.0172. The first-order valence-corrected chi connectivity index (χ1v) is 6.38. The monoisotopic (exact) mass is 296 g/mol. The third-order valence-electron chi connectivity index (χ3n) is 2.47. The fraction of sp³-hybridized carbons (Fsp3) is 0.833. The SMILES string of the molecule is CCC(O)CCCCCO.O=C(O)C(O)C(O)C(=O)O.